The summed E-state index contributed by atoms with van der Waals surface area (Å²) in [6, 6.07) is 0. The molecule has 1 aromatic carbocycles. The molecule has 3 rings (SSSR count). The molecular weight excluding hydrogens is 248 g/mol. The van der Waals surface area contributed by atoms with Crippen molar-refractivity contribution in [2.45, 2.75) is 19.9 Å². The van der Waals surface area contributed by atoms with E-state index in [-0.39, 0.29) is 12.5 Å². The van der Waals surface area contributed by atoms with Crippen LogP contribution < -0.4 is 9.47 Å². The number of aromatic hydroxyl groups is 1. The van der Waals surface area contributed by atoms with Gasteiger partial charge in [-0.05, 0) is 26.0 Å². The van der Waals surface area contributed by atoms with Crippen LogP contribution in [0, 0.1) is 0 Å². The van der Waals surface area contributed by atoms with Gasteiger partial charge in [0, 0.05) is 24.2 Å². The number of phenolic OH excluding ortho intramolecular Hbond substituents is 1. The Bertz CT molecular complexity index is 568. The van der Waals surface area contributed by atoms with E-state index < -0.39 is 0 Å². The van der Waals surface area contributed by atoms with Gasteiger partial charge in [-0.25, -0.2) is 0 Å². The Labute approximate surface area is 110 Å². The van der Waals surface area contributed by atoms with Gasteiger partial charge >= 0.3 is 0 Å². The molecule has 0 unspecified atom stereocenters. The van der Waals surface area contributed by atoms with Gasteiger partial charge in [0.2, 0.25) is 12.5 Å². The molecule has 1 aromatic rings. The van der Waals surface area contributed by atoms with Gasteiger partial charge in [-0.2, -0.15) is 0 Å². The van der Waals surface area contributed by atoms with E-state index in [1.807, 2.05) is 7.05 Å². The number of ether oxygens (including phenoxy) is 2. The number of oxime groups is 1. The first kappa shape index (κ1) is 12.1. The molecule has 0 atom stereocenters. The monoisotopic (exact) mass is 264 g/mol. The van der Waals surface area contributed by atoms with Crippen LogP contribution in [0.2, 0.25) is 0 Å². The molecule has 6 heteroatoms. The molecule has 0 amide bonds. The molecule has 0 aliphatic carbocycles. The first-order valence-electron chi connectivity index (χ1n) is 6.17. The lowest BCUT2D eigenvalue weighted by Gasteiger charge is -2.28. The van der Waals surface area contributed by atoms with Crippen LogP contribution in [0.3, 0.4) is 0 Å². The first-order valence-corrected chi connectivity index (χ1v) is 6.17. The Balaban J connectivity index is 2.29. The molecule has 2 heterocycles. The van der Waals surface area contributed by atoms with Gasteiger partial charge in [0.05, 0.1) is 5.71 Å². The van der Waals surface area contributed by atoms with Crippen LogP contribution in [0.5, 0.6) is 17.2 Å². The zero-order valence-electron chi connectivity index (χ0n) is 10.9. The lowest BCUT2D eigenvalue weighted by molar-refractivity contribution is 0.171. The van der Waals surface area contributed by atoms with Crippen molar-refractivity contribution in [2.75, 3.05) is 20.4 Å². The van der Waals surface area contributed by atoms with Crippen LogP contribution in [-0.4, -0.2) is 41.3 Å². The Kier molecular flexibility index (Phi) is 2.74. The number of benzene rings is 1. The smallest absolute Gasteiger partial charge is 0.231 e. The molecule has 0 aromatic heterocycles. The zero-order valence-corrected chi connectivity index (χ0v) is 10.9. The standard InChI is InChI=1S/C13H16N2O4/c1-7(14-17)10-8-3-4-15(2)5-9(8)11(16)13-12(10)18-6-19-13/h16-17H,3-6H2,1-2H3/b14-7-. The summed E-state index contributed by atoms with van der Waals surface area (Å²) in [5, 5.41) is 22.7. The van der Waals surface area contributed by atoms with Gasteiger partial charge in [0.15, 0.2) is 11.5 Å². The summed E-state index contributed by atoms with van der Waals surface area (Å²) in [7, 11) is 2.00. The predicted octanol–water partition coefficient (Wildman–Crippen LogP) is 1.31. The molecule has 2 N–H and O–H groups in total. The van der Waals surface area contributed by atoms with E-state index in [4.69, 9.17) is 14.7 Å². The third-order valence-corrected chi connectivity index (χ3v) is 3.69. The summed E-state index contributed by atoms with van der Waals surface area (Å²) >= 11 is 0. The van der Waals surface area contributed by atoms with Crippen LogP contribution in [-0.2, 0) is 13.0 Å². The van der Waals surface area contributed by atoms with E-state index in [1.54, 1.807) is 6.92 Å². The molecular formula is C13H16N2O4. The van der Waals surface area contributed by atoms with Crippen LogP contribution in [0.4, 0.5) is 0 Å². The van der Waals surface area contributed by atoms with Crippen molar-refractivity contribution >= 4 is 5.71 Å². The summed E-state index contributed by atoms with van der Waals surface area (Å²) in [6.45, 7) is 3.32. The number of nitrogens with zero attached hydrogens (tertiary/aromatic N) is 2. The number of likely N-dealkylation sites (N-methyl/N-ethyl adjacent to an activating group) is 1. The highest BCUT2D eigenvalue weighted by molar-refractivity contribution is 6.04. The van der Waals surface area contributed by atoms with Gasteiger partial charge in [0.1, 0.15) is 0 Å². The average Bonchev–Trinajstić information content (AvgIpc) is 2.88. The molecule has 2 aliphatic rings. The second-order valence-corrected chi connectivity index (χ2v) is 4.92. The van der Waals surface area contributed by atoms with Crippen molar-refractivity contribution in [3.63, 3.8) is 0 Å². The van der Waals surface area contributed by atoms with E-state index in [1.165, 1.54) is 0 Å². The fourth-order valence-electron chi connectivity index (χ4n) is 2.74. The van der Waals surface area contributed by atoms with Gasteiger partial charge in [-0.1, -0.05) is 5.16 Å². The molecule has 0 saturated heterocycles. The minimum absolute atomic E-state index is 0.0767. The third kappa shape index (κ3) is 1.71. The molecule has 0 bridgehead atoms. The Morgan fingerprint density at radius 1 is 1.26 bits per heavy atom. The summed E-state index contributed by atoms with van der Waals surface area (Å²) in [5.41, 5.74) is 3.03. The highest BCUT2D eigenvalue weighted by Crippen LogP contribution is 2.49. The fraction of sp³-hybridized carbons (Fsp3) is 0.462. The van der Waals surface area contributed by atoms with Crippen LogP contribution in [0.1, 0.15) is 23.6 Å². The molecule has 0 spiro atoms. The summed E-state index contributed by atoms with van der Waals surface area (Å²) in [5.74, 6) is 0.978. The molecule has 0 saturated carbocycles. The van der Waals surface area contributed by atoms with Crippen LogP contribution >= 0.6 is 0 Å². The minimum atomic E-state index is 0.0767. The van der Waals surface area contributed by atoms with Crippen molar-refractivity contribution in [1.29, 1.82) is 0 Å². The van der Waals surface area contributed by atoms with E-state index in [0.717, 1.165) is 29.7 Å². The zero-order chi connectivity index (χ0) is 13.6. The maximum absolute atomic E-state index is 10.3. The lowest BCUT2D eigenvalue weighted by Crippen LogP contribution is -2.28. The van der Waals surface area contributed by atoms with Crippen molar-refractivity contribution in [3.05, 3.63) is 16.7 Å². The summed E-state index contributed by atoms with van der Waals surface area (Å²) in [6.07, 6.45) is 0.776. The molecule has 2 aliphatic heterocycles. The maximum Gasteiger partial charge on any atom is 0.231 e. The highest BCUT2D eigenvalue weighted by Gasteiger charge is 2.32. The van der Waals surface area contributed by atoms with Crippen molar-refractivity contribution in [3.8, 4) is 17.2 Å². The molecule has 6 nitrogen and oxygen atoms in total. The van der Waals surface area contributed by atoms with E-state index in [2.05, 4.69) is 10.1 Å². The SMILES string of the molecule is C/C(=N/O)c1c2c(c(O)c3c1OCO3)CN(C)CC2. The second-order valence-electron chi connectivity index (χ2n) is 4.92. The van der Waals surface area contributed by atoms with Gasteiger partial charge in [-0.3, -0.25) is 0 Å². The van der Waals surface area contributed by atoms with Crippen molar-refractivity contribution in [1.82, 2.24) is 4.90 Å². The minimum Gasteiger partial charge on any atom is -0.504 e. The number of hydrogen-bond acceptors (Lipinski definition) is 6. The first-order chi connectivity index (χ1) is 9.13. The van der Waals surface area contributed by atoms with Gasteiger partial charge in [0.25, 0.3) is 0 Å². The maximum atomic E-state index is 10.3. The topological polar surface area (TPSA) is 74.5 Å². The predicted molar refractivity (Wildman–Crippen MR) is 68.3 cm³/mol. The fourth-order valence-corrected chi connectivity index (χ4v) is 2.74. The molecule has 102 valence electrons. The van der Waals surface area contributed by atoms with E-state index in [0.29, 0.717) is 23.8 Å². The Morgan fingerprint density at radius 2 is 2.00 bits per heavy atom. The normalized spacial score (nSPS) is 18.5. The Morgan fingerprint density at radius 3 is 2.74 bits per heavy atom. The van der Waals surface area contributed by atoms with Gasteiger partial charge in [-0.15, -0.1) is 0 Å². The number of phenols is 1. The molecule has 0 radical (unpaired) electrons. The number of rotatable bonds is 1. The molecule has 19 heavy (non-hydrogen) atoms. The summed E-state index contributed by atoms with van der Waals surface area (Å²) in [4.78, 5) is 2.12. The van der Waals surface area contributed by atoms with Crippen molar-refractivity contribution in [2.24, 2.45) is 5.16 Å². The number of hydrogen-bond donors (Lipinski definition) is 2. The lowest BCUT2D eigenvalue weighted by atomic mass is 9.90. The van der Waals surface area contributed by atoms with E-state index >= 15 is 0 Å². The highest BCUT2D eigenvalue weighted by atomic mass is 16.7. The van der Waals surface area contributed by atoms with Crippen LogP contribution in [0.15, 0.2) is 5.16 Å². The van der Waals surface area contributed by atoms with E-state index in [9.17, 15) is 5.11 Å². The average molecular weight is 264 g/mol. The number of fused-ring (bicyclic) bond motifs is 2. The molecule has 0 fully saturated rings. The van der Waals surface area contributed by atoms with Crippen molar-refractivity contribution < 1.29 is 19.8 Å². The summed E-state index contributed by atoms with van der Waals surface area (Å²) < 4.78 is 10.8. The second kappa shape index (κ2) is 4.31. The van der Waals surface area contributed by atoms with Crippen LogP contribution in [0.25, 0.3) is 0 Å². The third-order valence-electron chi connectivity index (χ3n) is 3.69. The quantitative estimate of drug-likeness (QED) is 0.454. The van der Waals surface area contributed by atoms with Gasteiger partial charge < -0.3 is 24.7 Å². The largest absolute Gasteiger partial charge is 0.504 e. The Hall–Kier alpha value is -1.95.